The van der Waals surface area contributed by atoms with Crippen LogP contribution in [-0.4, -0.2) is 75.2 Å². The van der Waals surface area contributed by atoms with Crippen LogP contribution in [0.25, 0.3) is 10.1 Å². The van der Waals surface area contributed by atoms with Crippen molar-refractivity contribution in [2.45, 2.75) is 89.9 Å². The fraction of sp³-hybridized carbons (Fsp3) is 0.649. The van der Waals surface area contributed by atoms with Gasteiger partial charge in [-0.3, -0.25) is 9.69 Å². The number of allylic oxidation sites excluding steroid dienone is 4. The standard InChI is InChI=1S/C37H49NO5S/c1-4-17-38(21-26(41)22-39)23-36(43)14-11-31-34(36,3)13-10-30-33(2)12-9-25(40)19-35(33)15-16-37(30,31)27(20-35)32(42)29-18-24-7-5-6-8-28(24)44-29/h5-8,15-16,18,20,25-26,30-31,39-41,43H,4,9-14,17,19,21-23H2,1-3H3. The van der Waals surface area contributed by atoms with Crippen molar-refractivity contribution in [3.8, 4) is 0 Å². The average Bonchev–Trinajstić information content (AvgIpc) is 3.55. The summed E-state index contributed by atoms with van der Waals surface area (Å²) in [5.74, 6) is 0.461. The minimum atomic E-state index is -0.975. The number of aliphatic hydroxyl groups excluding tert-OH is 3. The Morgan fingerprint density at radius 1 is 1.07 bits per heavy atom. The van der Waals surface area contributed by atoms with Gasteiger partial charge in [0.2, 0.25) is 0 Å². The van der Waals surface area contributed by atoms with Crippen LogP contribution >= 0.6 is 11.3 Å². The van der Waals surface area contributed by atoms with E-state index >= 15 is 0 Å². The topological polar surface area (TPSA) is 101 Å². The predicted molar refractivity (Wildman–Crippen MR) is 175 cm³/mol. The molecule has 9 unspecified atom stereocenters. The lowest BCUT2D eigenvalue weighted by molar-refractivity contribution is -0.177. The summed E-state index contributed by atoms with van der Waals surface area (Å²) in [4.78, 5) is 17.8. The van der Waals surface area contributed by atoms with Gasteiger partial charge in [-0.25, -0.2) is 0 Å². The highest BCUT2D eigenvalue weighted by molar-refractivity contribution is 7.21. The third-order valence-corrected chi connectivity index (χ3v) is 14.4. The van der Waals surface area contributed by atoms with E-state index < -0.39 is 22.5 Å². The molecule has 1 aromatic carbocycles. The summed E-state index contributed by atoms with van der Waals surface area (Å²) in [6.07, 6.45) is 12.4. The first-order valence-electron chi connectivity index (χ1n) is 16.8. The Morgan fingerprint density at radius 3 is 2.55 bits per heavy atom. The van der Waals surface area contributed by atoms with E-state index in [0.717, 1.165) is 65.6 Å². The number of hydrogen-bond donors (Lipinski definition) is 4. The van der Waals surface area contributed by atoms with Crippen molar-refractivity contribution < 1.29 is 25.2 Å². The molecule has 6 nitrogen and oxygen atoms in total. The molecule has 0 radical (unpaired) electrons. The van der Waals surface area contributed by atoms with E-state index in [-0.39, 0.29) is 41.2 Å². The Balaban J connectivity index is 1.34. The first-order valence-corrected chi connectivity index (χ1v) is 17.7. The number of hydrogen-bond acceptors (Lipinski definition) is 7. The van der Waals surface area contributed by atoms with Gasteiger partial charge >= 0.3 is 0 Å². The van der Waals surface area contributed by atoms with Crippen molar-refractivity contribution in [3.63, 3.8) is 0 Å². The maximum atomic E-state index is 14.9. The van der Waals surface area contributed by atoms with E-state index in [9.17, 15) is 25.2 Å². The van der Waals surface area contributed by atoms with Crippen molar-refractivity contribution in [1.29, 1.82) is 0 Å². The number of aliphatic hydroxyl groups is 4. The first-order chi connectivity index (χ1) is 21.0. The normalized spacial score (nSPS) is 41.4. The Labute approximate surface area is 265 Å². The van der Waals surface area contributed by atoms with Crippen molar-refractivity contribution >= 4 is 27.2 Å². The zero-order chi connectivity index (χ0) is 31.1. The van der Waals surface area contributed by atoms with Gasteiger partial charge in [-0.1, -0.05) is 57.2 Å². The minimum Gasteiger partial charge on any atom is -0.394 e. The van der Waals surface area contributed by atoms with Gasteiger partial charge < -0.3 is 20.4 Å². The number of carbonyl (C=O) groups is 1. The third-order valence-electron chi connectivity index (χ3n) is 13.3. The van der Waals surface area contributed by atoms with Gasteiger partial charge in [-0.05, 0) is 92.7 Å². The molecule has 238 valence electrons. The molecule has 0 saturated heterocycles. The molecule has 8 rings (SSSR count). The van der Waals surface area contributed by atoms with Crippen molar-refractivity contribution in [2.24, 2.45) is 33.5 Å². The first kappa shape index (κ1) is 30.8. The van der Waals surface area contributed by atoms with Gasteiger partial charge in [-0.15, -0.1) is 11.3 Å². The van der Waals surface area contributed by atoms with Crippen molar-refractivity contribution in [3.05, 3.63) is 59.0 Å². The number of nitrogens with zero attached hydrogens (tertiary/aromatic N) is 1. The highest BCUT2D eigenvalue weighted by atomic mass is 32.1. The maximum Gasteiger partial charge on any atom is 0.199 e. The van der Waals surface area contributed by atoms with Crippen LogP contribution in [0.5, 0.6) is 0 Å². The fourth-order valence-electron chi connectivity index (χ4n) is 11.1. The minimum absolute atomic E-state index is 0.0631. The molecule has 3 saturated carbocycles. The Bertz CT molecular complexity index is 1480. The monoisotopic (exact) mass is 619 g/mol. The molecule has 6 aliphatic rings. The van der Waals surface area contributed by atoms with Gasteiger partial charge in [0.1, 0.15) is 0 Å². The summed E-state index contributed by atoms with van der Waals surface area (Å²) in [5, 5.41) is 44.6. The Hall–Kier alpha value is -1.87. The average molecular weight is 620 g/mol. The van der Waals surface area contributed by atoms with Crippen LogP contribution in [-0.2, 0) is 0 Å². The molecule has 0 aliphatic heterocycles. The SMILES string of the molecule is CCCN(CC(O)CO)CC1(O)CCC2C34C=CC5(C=C3C(=O)c3cc6ccccc6s3)CC(O)CCC5(C)C4CCC21C. The molecule has 1 aromatic heterocycles. The summed E-state index contributed by atoms with van der Waals surface area (Å²) in [5.41, 5.74) is -1.40. The molecule has 2 bridgehead atoms. The number of fused-ring (bicyclic) bond motifs is 2. The molecule has 44 heavy (non-hydrogen) atoms. The second-order valence-corrected chi connectivity index (χ2v) is 16.4. The molecule has 6 aliphatic carbocycles. The molecule has 4 N–H and O–H groups in total. The second-order valence-electron chi connectivity index (χ2n) is 15.4. The highest BCUT2D eigenvalue weighted by Crippen LogP contribution is 2.78. The lowest BCUT2D eigenvalue weighted by Gasteiger charge is -2.71. The van der Waals surface area contributed by atoms with Gasteiger partial charge in [0.15, 0.2) is 5.78 Å². The van der Waals surface area contributed by atoms with E-state index in [1.165, 1.54) is 0 Å². The van der Waals surface area contributed by atoms with Crippen molar-refractivity contribution in [1.82, 2.24) is 4.90 Å². The van der Waals surface area contributed by atoms with E-state index in [2.05, 4.69) is 62.1 Å². The lowest BCUT2D eigenvalue weighted by atomic mass is 9.32. The van der Waals surface area contributed by atoms with Crippen LogP contribution in [0, 0.1) is 33.5 Å². The van der Waals surface area contributed by atoms with Gasteiger partial charge in [0, 0.05) is 39.6 Å². The summed E-state index contributed by atoms with van der Waals surface area (Å²) >= 11 is 1.57. The van der Waals surface area contributed by atoms with Gasteiger partial charge in [0.25, 0.3) is 0 Å². The fourth-order valence-corrected chi connectivity index (χ4v) is 12.1. The van der Waals surface area contributed by atoms with Crippen LogP contribution in [0.2, 0.25) is 0 Å². The highest BCUT2D eigenvalue weighted by Gasteiger charge is 2.74. The molecule has 0 amide bonds. The molecule has 2 aromatic rings. The predicted octanol–water partition coefficient (Wildman–Crippen LogP) is 5.74. The number of carbonyl (C=O) groups excluding carboxylic acids is 1. The van der Waals surface area contributed by atoms with Crippen LogP contribution in [0.1, 0.15) is 81.8 Å². The van der Waals surface area contributed by atoms with Gasteiger partial charge in [-0.2, -0.15) is 0 Å². The summed E-state index contributed by atoms with van der Waals surface area (Å²) in [6, 6.07) is 10.2. The second kappa shape index (κ2) is 10.6. The molecule has 7 heteroatoms. The summed E-state index contributed by atoms with van der Waals surface area (Å²) < 4.78 is 1.11. The van der Waals surface area contributed by atoms with E-state index in [0.29, 0.717) is 25.9 Å². The molecule has 2 spiro atoms. The summed E-state index contributed by atoms with van der Waals surface area (Å²) in [7, 11) is 0. The number of ketones is 1. The molecule has 1 heterocycles. The quantitative estimate of drug-likeness (QED) is 0.211. The smallest absolute Gasteiger partial charge is 0.199 e. The molecule has 9 atom stereocenters. The molecule has 3 fully saturated rings. The molecular formula is C37H49NO5S. The van der Waals surface area contributed by atoms with Crippen molar-refractivity contribution in [2.75, 3.05) is 26.2 Å². The van der Waals surface area contributed by atoms with Gasteiger partial charge in [0.05, 0.1) is 29.3 Å². The number of benzene rings is 1. The zero-order valence-electron chi connectivity index (χ0n) is 26.5. The molecular weight excluding hydrogens is 570 g/mol. The Kier molecular flexibility index (Phi) is 7.40. The van der Waals surface area contributed by atoms with Crippen LogP contribution < -0.4 is 0 Å². The third kappa shape index (κ3) is 4.12. The number of rotatable bonds is 9. The largest absolute Gasteiger partial charge is 0.394 e. The number of thiophene rings is 1. The number of Topliss-reactive ketones (excluding diaryl/α,β-unsaturated/α-hetero) is 1. The maximum absolute atomic E-state index is 14.9. The Morgan fingerprint density at radius 2 is 1.80 bits per heavy atom. The van der Waals surface area contributed by atoms with E-state index in [4.69, 9.17) is 0 Å². The lowest BCUT2D eigenvalue weighted by Crippen LogP contribution is -2.67. The van der Waals surface area contributed by atoms with E-state index in [1.54, 1.807) is 11.3 Å². The van der Waals surface area contributed by atoms with Crippen LogP contribution in [0.3, 0.4) is 0 Å². The zero-order valence-corrected chi connectivity index (χ0v) is 27.3. The van der Waals surface area contributed by atoms with Crippen LogP contribution in [0.4, 0.5) is 0 Å². The van der Waals surface area contributed by atoms with Crippen LogP contribution in [0.15, 0.2) is 54.1 Å². The van der Waals surface area contributed by atoms with E-state index in [1.807, 2.05) is 12.1 Å². The summed E-state index contributed by atoms with van der Waals surface area (Å²) in [6.45, 7) is 8.02.